The summed E-state index contributed by atoms with van der Waals surface area (Å²) in [7, 11) is 0. The minimum Gasteiger partial charge on any atom is -0.293 e. The number of rotatable bonds is 2. The number of alkyl halides is 1. The molecule has 1 aromatic carbocycles. The molecular weight excluding hydrogens is 345 g/mol. The van der Waals surface area contributed by atoms with Gasteiger partial charge in [0.1, 0.15) is 0 Å². The molecule has 0 aromatic heterocycles. The van der Waals surface area contributed by atoms with Crippen LogP contribution in [-0.2, 0) is 0 Å². The van der Waals surface area contributed by atoms with Crippen molar-refractivity contribution in [3.05, 3.63) is 32.2 Å². The lowest BCUT2D eigenvalue weighted by Crippen LogP contribution is -2.07. The zero-order valence-corrected chi connectivity index (χ0v) is 10.5. The molecule has 0 saturated heterocycles. The Balaban J connectivity index is 3.47. The Morgan fingerprint density at radius 1 is 1.43 bits per heavy atom. The molecule has 0 heterocycles. The largest absolute Gasteiger partial charge is 0.293 e. The van der Waals surface area contributed by atoms with Crippen molar-refractivity contribution in [3.63, 3.8) is 0 Å². The van der Waals surface area contributed by atoms with Gasteiger partial charge in [-0.1, -0.05) is 0 Å². The molecule has 0 amide bonds. The molecule has 1 nitrogen and oxygen atoms in total. The molecule has 14 heavy (non-hydrogen) atoms. The molecule has 1 aromatic rings. The highest BCUT2D eigenvalue weighted by Crippen LogP contribution is 2.31. The maximum Gasteiger partial charge on any atom is 0.181 e. The second kappa shape index (κ2) is 4.68. The highest BCUT2D eigenvalue weighted by Gasteiger charge is 2.20. The molecule has 0 aliphatic rings. The average molecular weight is 348 g/mol. The molecule has 0 saturated carbocycles. The molecule has 0 aliphatic carbocycles. The van der Waals surface area contributed by atoms with E-state index in [0.717, 1.165) is 6.07 Å². The maximum atomic E-state index is 13.2. The normalized spacial score (nSPS) is 10.4. The van der Waals surface area contributed by atoms with Crippen molar-refractivity contribution in [1.82, 2.24) is 0 Å². The van der Waals surface area contributed by atoms with Gasteiger partial charge in [0, 0.05) is 8.95 Å². The molecule has 0 radical (unpaired) electrons. The maximum absolute atomic E-state index is 13.2. The Kier molecular flexibility index (Phi) is 4.04. The first-order chi connectivity index (χ1) is 6.49. The Hall–Kier alpha value is -0.000000000000000111. The topological polar surface area (TPSA) is 17.1 Å². The molecule has 6 heteroatoms. The summed E-state index contributed by atoms with van der Waals surface area (Å²) in [6.45, 7) is 0. The van der Waals surface area contributed by atoms with Gasteiger partial charge in [-0.3, -0.25) is 4.79 Å². The predicted octanol–water partition coefficient (Wildman–Crippen LogP) is 3.91. The molecule has 0 atom stereocenters. The van der Waals surface area contributed by atoms with Crippen LogP contribution < -0.4 is 0 Å². The minimum atomic E-state index is -1.19. The van der Waals surface area contributed by atoms with Gasteiger partial charge < -0.3 is 0 Å². The second-order valence-electron chi connectivity index (χ2n) is 2.40. The Bertz CT molecular complexity index is 369. The summed E-state index contributed by atoms with van der Waals surface area (Å²) in [5.74, 6) is -3.35. The number of benzene rings is 1. The summed E-state index contributed by atoms with van der Waals surface area (Å²) >= 11 is 11.2. The van der Waals surface area contributed by atoms with E-state index in [9.17, 15) is 13.6 Å². The van der Waals surface area contributed by atoms with Crippen LogP contribution in [0.4, 0.5) is 8.78 Å². The zero-order chi connectivity index (χ0) is 10.9. The predicted molar refractivity (Wildman–Crippen MR) is 56.8 cm³/mol. The van der Waals surface area contributed by atoms with Crippen molar-refractivity contribution < 1.29 is 13.6 Å². The fourth-order valence-corrected chi connectivity index (χ4v) is 1.93. The summed E-state index contributed by atoms with van der Waals surface area (Å²) in [6.07, 6.45) is 0. The number of hydrogen-bond donors (Lipinski definition) is 0. The summed E-state index contributed by atoms with van der Waals surface area (Å²) in [6, 6.07) is 0.935. The minimum absolute atomic E-state index is 0.169. The van der Waals surface area contributed by atoms with Crippen molar-refractivity contribution in [3.8, 4) is 0 Å². The average Bonchev–Trinajstić information content (AvgIpc) is 2.15. The molecule has 0 fully saturated rings. The number of halogens is 5. The van der Waals surface area contributed by atoms with E-state index < -0.39 is 23.3 Å². The van der Waals surface area contributed by atoms with Gasteiger partial charge in [0.15, 0.2) is 17.4 Å². The summed E-state index contributed by atoms with van der Waals surface area (Å²) in [5, 5.41) is 0. The first-order valence-electron chi connectivity index (χ1n) is 3.41. The van der Waals surface area contributed by atoms with Gasteiger partial charge in [-0.05, 0) is 37.9 Å². The monoisotopic (exact) mass is 346 g/mol. The quantitative estimate of drug-likeness (QED) is 0.450. The number of ketones is 1. The summed E-state index contributed by atoms with van der Waals surface area (Å²) in [5.41, 5.74) is -0.369. The van der Waals surface area contributed by atoms with E-state index in [0.29, 0.717) is 0 Å². The van der Waals surface area contributed by atoms with E-state index in [-0.39, 0.29) is 14.5 Å². The van der Waals surface area contributed by atoms with E-state index in [1.807, 2.05) is 0 Å². The Labute approximate surface area is 101 Å². The van der Waals surface area contributed by atoms with Crippen molar-refractivity contribution in [1.29, 1.82) is 0 Å². The van der Waals surface area contributed by atoms with Gasteiger partial charge in [-0.25, -0.2) is 8.78 Å². The second-order valence-corrected chi connectivity index (χ2v) is 4.31. The number of Topliss-reactive ketones (excluding diaryl/α,β-unsaturated/α-hetero) is 1. The lowest BCUT2D eigenvalue weighted by molar-refractivity contribution is 0.101. The fourth-order valence-electron chi connectivity index (χ4n) is 0.885. The third kappa shape index (κ3) is 2.15. The van der Waals surface area contributed by atoms with E-state index in [1.54, 1.807) is 0 Å². The zero-order valence-electron chi connectivity index (χ0n) is 6.58. The van der Waals surface area contributed by atoms with E-state index in [4.69, 9.17) is 11.6 Å². The molecule has 0 spiro atoms. The van der Waals surface area contributed by atoms with Gasteiger partial charge in [0.05, 0.1) is 11.4 Å². The lowest BCUT2D eigenvalue weighted by Gasteiger charge is -2.05. The number of hydrogen-bond acceptors (Lipinski definition) is 1. The first kappa shape index (κ1) is 12.1. The van der Waals surface area contributed by atoms with Crippen LogP contribution >= 0.6 is 43.5 Å². The van der Waals surface area contributed by atoms with Crippen molar-refractivity contribution in [2.75, 3.05) is 5.88 Å². The SMILES string of the molecule is O=C(CCl)c1c(F)c(F)cc(Br)c1Br. The summed E-state index contributed by atoms with van der Waals surface area (Å²) in [4.78, 5) is 11.2. The smallest absolute Gasteiger partial charge is 0.181 e. The number of carbonyl (C=O) groups is 1. The van der Waals surface area contributed by atoms with Gasteiger partial charge >= 0.3 is 0 Å². The van der Waals surface area contributed by atoms with Crippen LogP contribution in [0, 0.1) is 11.6 Å². The van der Waals surface area contributed by atoms with Crippen molar-refractivity contribution in [2.45, 2.75) is 0 Å². The molecule has 0 N–H and O–H groups in total. The van der Waals surface area contributed by atoms with Crippen LogP contribution in [0.2, 0.25) is 0 Å². The molecule has 0 bridgehead atoms. The van der Waals surface area contributed by atoms with Crippen LogP contribution in [0.3, 0.4) is 0 Å². The van der Waals surface area contributed by atoms with Crippen LogP contribution in [0.1, 0.15) is 10.4 Å². The van der Waals surface area contributed by atoms with Gasteiger partial charge in [-0.2, -0.15) is 0 Å². The number of carbonyl (C=O) groups excluding carboxylic acids is 1. The Morgan fingerprint density at radius 3 is 2.50 bits per heavy atom. The van der Waals surface area contributed by atoms with Crippen molar-refractivity contribution >= 4 is 49.2 Å². The molecule has 76 valence electrons. The standard InChI is InChI=1S/C8H3Br2ClF2O/c9-3-1-4(12)8(13)6(7(3)10)5(14)2-11/h1H,2H2. The highest BCUT2D eigenvalue weighted by atomic mass is 79.9. The van der Waals surface area contributed by atoms with Gasteiger partial charge in [0.25, 0.3) is 0 Å². The fraction of sp³-hybridized carbons (Fsp3) is 0.125. The molecule has 0 unspecified atom stereocenters. The van der Waals surface area contributed by atoms with Crippen LogP contribution in [-0.4, -0.2) is 11.7 Å². The van der Waals surface area contributed by atoms with Gasteiger partial charge in [0.2, 0.25) is 0 Å². The van der Waals surface area contributed by atoms with E-state index >= 15 is 0 Å². The van der Waals surface area contributed by atoms with Crippen LogP contribution in [0.25, 0.3) is 0 Å². The van der Waals surface area contributed by atoms with Crippen LogP contribution in [0.5, 0.6) is 0 Å². The van der Waals surface area contributed by atoms with Crippen molar-refractivity contribution in [2.24, 2.45) is 0 Å². The molecular formula is C8H3Br2ClF2O. The summed E-state index contributed by atoms with van der Waals surface area (Å²) < 4.78 is 26.5. The van der Waals surface area contributed by atoms with E-state index in [1.165, 1.54) is 0 Å². The molecule has 1 rings (SSSR count). The van der Waals surface area contributed by atoms with Crippen LogP contribution in [0.15, 0.2) is 15.0 Å². The third-order valence-electron chi connectivity index (χ3n) is 1.51. The first-order valence-corrected chi connectivity index (χ1v) is 5.53. The molecule has 0 aliphatic heterocycles. The van der Waals surface area contributed by atoms with Gasteiger partial charge in [-0.15, -0.1) is 11.6 Å². The third-order valence-corrected chi connectivity index (χ3v) is 3.74. The Morgan fingerprint density at radius 2 is 2.00 bits per heavy atom. The highest BCUT2D eigenvalue weighted by molar-refractivity contribution is 9.13. The van der Waals surface area contributed by atoms with E-state index in [2.05, 4.69) is 31.9 Å². The lowest BCUT2D eigenvalue weighted by atomic mass is 10.1.